The summed E-state index contributed by atoms with van der Waals surface area (Å²) in [6.45, 7) is 1.70. The minimum atomic E-state index is -1.10. The minimum Gasteiger partial charge on any atom is -0.477 e. The molecule has 0 saturated heterocycles. The zero-order valence-electron chi connectivity index (χ0n) is 10.4. The summed E-state index contributed by atoms with van der Waals surface area (Å²) >= 11 is 6.15. The van der Waals surface area contributed by atoms with Crippen LogP contribution in [0.25, 0.3) is 17.0 Å². The molecule has 0 atom stereocenters. The molecule has 7 heteroatoms. The van der Waals surface area contributed by atoms with Gasteiger partial charge in [0.2, 0.25) is 0 Å². The van der Waals surface area contributed by atoms with Gasteiger partial charge in [0.05, 0.1) is 5.02 Å². The van der Waals surface area contributed by atoms with Crippen LogP contribution in [0.2, 0.25) is 5.02 Å². The number of nitrogens with zero attached hydrogens (tertiary/aromatic N) is 4. The summed E-state index contributed by atoms with van der Waals surface area (Å²) in [4.78, 5) is 15.0. The summed E-state index contributed by atoms with van der Waals surface area (Å²) in [5, 5.41) is 17.6. The molecule has 0 aliphatic heterocycles. The molecule has 3 rings (SSSR count). The van der Waals surface area contributed by atoms with Gasteiger partial charge in [0, 0.05) is 11.6 Å². The summed E-state index contributed by atoms with van der Waals surface area (Å²) in [5.74, 6) is -0.0785. The Bertz CT molecular complexity index is 828. The van der Waals surface area contributed by atoms with Crippen LogP contribution in [0.1, 0.15) is 16.3 Å². The van der Waals surface area contributed by atoms with E-state index in [0.717, 1.165) is 5.56 Å². The van der Waals surface area contributed by atoms with Crippen molar-refractivity contribution in [3.63, 3.8) is 0 Å². The molecule has 0 aliphatic rings. The van der Waals surface area contributed by atoms with Crippen LogP contribution in [0.15, 0.2) is 30.3 Å². The smallest absolute Gasteiger partial charge is 0.354 e. The molecular formula is C13H9ClN4O2. The average Bonchev–Trinajstić information content (AvgIpc) is 2.83. The first kappa shape index (κ1) is 12.6. The number of aryl methyl sites for hydroxylation is 1. The van der Waals surface area contributed by atoms with Gasteiger partial charge in [0.25, 0.3) is 0 Å². The van der Waals surface area contributed by atoms with E-state index in [9.17, 15) is 4.79 Å². The number of fused-ring (bicyclic) bond motifs is 1. The third-order valence-electron chi connectivity index (χ3n) is 2.89. The Morgan fingerprint density at radius 2 is 2.05 bits per heavy atom. The van der Waals surface area contributed by atoms with Crippen LogP contribution in [0.5, 0.6) is 0 Å². The zero-order valence-corrected chi connectivity index (χ0v) is 11.2. The summed E-state index contributed by atoms with van der Waals surface area (Å²) in [6.07, 6.45) is 0. The Balaban J connectivity index is 2.30. The Hall–Kier alpha value is -2.47. The monoisotopic (exact) mass is 288 g/mol. The Morgan fingerprint density at radius 1 is 1.30 bits per heavy atom. The molecule has 1 aromatic carbocycles. The first-order valence-electron chi connectivity index (χ1n) is 5.79. The van der Waals surface area contributed by atoms with Gasteiger partial charge in [-0.25, -0.2) is 9.78 Å². The lowest BCUT2D eigenvalue weighted by atomic mass is 10.2. The number of halogens is 1. The molecule has 0 bridgehead atoms. The topological polar surface area (TPSA) is 80.4 Å². The number of carboxylic acid groups (broad SMARTS) is 1. The molecule has 2 heterocycles. The molecule has 1 N–H and O–H groups in total. The molecule has 6 nitrogen and oxygen atoms in total. The van der Waals surface area contributed by atoms with Crippen LogP contribution in [0, 0.1) is 6.92 Å². The van der Waals surface area contributed by atoms with Crippen molar-refractivity contribution in [3.05, 3.63) is 46.9 Å². The largest absolute Gasteiger partial charge is 0.477 e. The van der Waals surface area contributed by atoms with Gasteiger partial charge in [-0.3, -0.25) is 4.40 Å². The predicted octanol–water partition coefficient (Wildman–Crippen LogP) is 2.45. The van der Waals surface area contributed by atoms with E-state index >= 15 is 0 Å². The first-order valence-corrected chi connectivity index (χ1v) is 6.16. The van der Waals surface area contributed by atoms with Crippen LogP contribution in [0.4, 0.5) is 0 Å². The second-order valence-corrected chi connectivity index (χ2v) is 4.60. The van der Waals surface area contributed by atoms with Gasteiger partial charge < -0.3 is 5.11 Å². The second-order valence-electron chi connectivity index (χ2n) is 4.19. The van der Waals surface area contributed by atoms with Crippen LogP contribution < -0.4 is 0 Å². The van der Waals surface area contributed by atoms with Crippen molar-refractivity contribution in [1.29, 1.82) is 0 Å². The van der Waals surface area contributed by atoms with Gasteiger partial charge in [-0.15, -0.1) is 10.2 Å². The molecule has 0 fully saturated rings. The lowest BCUT2D eigenvalue weighted by Crippen LogP contribution is -2.06. The fourth-order valence-electron chi connectivity index (χ4n) is 2.01. The molecule has 0 saturated carbocycles. The van der Waals surface area contributed by atoms with Crippen molar-refractivity contribution >= 4 is 23.2 Å². The molecule has 0 amide bonds. The lowest BCUT2D eigenvalue weighted by Gasteiger charge is -2.05. The fraction of sp³-hybridized carbons (Fsp3) is 0.0769. The highest BCUT2D eigenvalue weighted by Crippen LogP contribution is 2.27. The van der Waals surface area contributed by atoms with E-state index in [1.807, 2.05) is 18.2 Å². The molecule has 0 radical (unpaired) electrons. The molecule has 3 aromatic rings. The zero-order chi connectivity index (χ0) is 14.3. The number of aromatic carboxylic acids is 1. The highest BCUT2D eigenvalue weighted by atomic mass is 35.5. The molecule has 0 spiro atoms. The van der Waals surface area contributed by atoms with E-state index < -0.39 is 5.97 Å². The maximum absolute atomic E-state index is 11.0. The maximum Gasteiger partial charge on any atom is 0.354 e. The van der Waals surface area contributed by atoms with E-state index in [2.05, 4.69) is 15.2 Å². The molecule has 20 heavy (non-hydrogen) atoms. The van der Waals surface area contributed by atoms with Gasteiger partial charge >= 0.3 is 5.97 Å². The summed E-state index contributed by atoms with van der Waals surface area (Å²) in [7, 11) is 0. The van der Waals surface area contributed by atoms with Gasteiger partial charge in [-0.2, -0.15) is 0 Å². The van der Waals surface area contributed by atoms with E-state index in [-0.39, 0.29) is 5.69 Å². The van der Waals surface area contributed by atoms with Gasteiger partial charge in [0.1, 0.15) is 5.82 Å². The van der Waals surface area contributed by atoms with Crippen molar-refractivity contribution in [1.82, 2.24) is 19.6 Å². The molecule has 0 aliphatic carbocycles. The number of hydrogen-bond acceptors (Lipinski definition) is 4. The minimum absolute atomic E-state index is 0.0619. The summed E-state index contributed by atoms with van der Waals surface area (Å²) in [5.41, 5.74) is 1.08. The number of hydrogen-bond donors (Lipinski definition) is 1. The lowest BCUT2D eigenvalue weighted by molar-refractivity contribution is 0.0690. The highest BCUT2D eigenvalue weighted by Gasteiger charge is 2.16. The van der Waals surface area contributed by atoms with Crippen molar-refractivity contribution in [3.8, 4) is 11.4 Å². The van der Waals surface area contributed by atoms with E-state index in [1.54, 1.807) is 17.4 Å². The third kappa shape index (κ3) is 1.90. The van der Waals surface area contributed by atoms with Gasteiger partial charge in [-0.1, -0.05) is 23.7 Å². The van der Waals surface area contributed by atoms with Crippen molar-refractivity contribution < 1.29 is 9.90 Å². The Morgan fingerprint density at radius 3 is 2.75 bits per heavy atom. The quantitative estimate of drug-likeness (QED) is 0.783. The SMILES string of the molecule is Cc1nc(C(=O)O)cc2nnc(-c3ccccc3Cl)n12. The number of aromatic nitrogens is 4. The van der Waals surface area contributed by atoms with Crippen molar-refractivity contribution in [2.75, 3.05) is 0 Å². The Kier molecular flexibility index (Phi) is 2.87. The molecule has 0 unspecified atom stereocenters. The number of benzene rings is 1. The first-order chi connectivity index (χ1) is 9.58. The highest BCUT2D eigenvalue weighted by molar-refractivity contribution is 6.33. The molecule has 100 valence electrons. The van der Waals surface area contributed by atoms with Crippen LogP contribution >= 0.6 is 11.6 Å². The van der Waals surface area contributed by atoms with E-state index in [1.165, 1.54) is 6.07 Å². The third-order valence-corrected chi connectivity index (χ3v) is 3.22. The van der Waals surface area contributed by atoms with Crippen LogP contribution in [-0.2, 0) is 0 Å². The van der Waals surface area contributed by atoms with Crippen LogP contribution in [-0.4, -0.2) is 30.7 Å². The number of carboxylic acids is 1. The van der Waals surface area contributed by atoms with Crippen molar-refractivity contribution in [2.24, 2.45) is 0 Å². The summed E-state index contributed by atoms with van der Waals surface area (Å²) < 4.78 is 1.67. The summed E-state index contributed by atoms with van der Waals surface area (Å²) in [6, 6.07) is 8.62. The molecular weight excluding hydrogens is 280 g/mol. The molecule has 2 aromatic heterocycles. The number of rotatable bonds is 2. The van der Waals surface area contributed by atoms with Gasteiger partial charge in [0.15, 0.2) is 17.2 Å². The number of carbonyl (C=O) groups is 1. The predicted molar refractivity (Wildman–Crippen MR) is 72.9 cm³/mol. The van der Waals surface area contributed by atoms with E-state index in [0.29, 0.717) is 22.3 Å². The van der Waals surface area contributed by atoms with Crippen LogP contribution in [0.3, 0.4) is 0 Å². The normalized spacial score (nSPS) is 10.9. The fourth-order valence-corrected chi connectivity index (χ4v) is 2.23. The second kappa shape index (κ2) is 4.57. The van der Waals surface area contributed by atoms with Gasteiger partial charge in [-0.05, 0) is 19.1 Å². The van der Waals surface area contributed by atoms with Crippen molar-refractivity contribution in [2.45, 2.75) is 6.92 Å². The Labute approximate surface area is 118 Å². The van der Waals surface area contributed by atoms with E-state index in [4.69, 9.17) is 16.7 Å². The average molecular weight is 289 g/mol. The maximum atomic E-state index is 11.0. The standard InChI is InChI=1S/C13H9ClN4O2/c1-7-15-10(13(19)20)6-11-16-17-12(18(7)11)8-4-2-3-5-9(8)14/h2-6H,1H3,(H,19,20).